The molecule has 0 aliphatic heterocycles. The van der Waals surface area contributed by atoms with Gasteiger partial charge in [0.1, 0.15) is 5.75 Å². The van der Waals surface area contributed by atoms with Gasteiger partial charge in [0.15, 0.2) is 0 Å². The summed E-state index contributed by atoms with van der Waals surface area (Å²) in [7, 11) is 0. The smallest absolute Gasteiger partial charge is 0.343 e. The number of carbonyl (C=O) groups is 2. The van der Waals surface area contributed by atoms with Crippen LogP contribution in [0, 0.1) is 17.0 Å². The van der Waals surface area contributed by atoms with Gasteiger partial charge in [-0.1, -0.05) is 17.7 Å². The van der Waals surface area contributed by atoms with Crippen LogP contribution in [-0.4, -0.2) is 23.0 Å². The Labute approximate surface area is 172 Å². The van der Waals surface area contributed by atoms with Crippen LogP contribution in [0.2, 0.25) is 0 Å². The lowest BCUT2D eigenvalue weighted by molar-refractivity contribution is -0.384. The molecule has 0 saturated carbocycles. The number of nitrogens with zero attached hydrogens (tertiary/aromatic N) is 2. The maximum Gasteiger partial charge on any atom is 0.343 e. The summed E-state index contributed by atoms with van der Waals surface area (Å²) in [6.45, 7) is 1.93. The largest absolute Gasteiger partial charge is 0.423 e. The van der Waals surface area contributed by atoms with Gasteiger partial charge in [0.2, 0.25) is 0 Å². The number of amides is 1. The molecule has 3 aromatic carbocycles. The second-order valence-electron chi connectivity index (χ2n) is 6.33. The van der Waals surface area contributed by atoms with Crippen molar-refractivity contribution in [3.8, 4) is 5.75 Å². The SMILES string of the molecule is Cc1ccc(C(=O)Oc2ccc(/C=N\NC(=O)c3ccc([N+](=O)[O-])cc3)cc2)cc1. The molecule has 8 nitrogen and oxygen atoms in total. The average Bonchev–Trinajstić information content (AvgIpc) is 2.75. The molecular formula is C22H17N3O5. The molecule has 1 amide bonds. The van der Waals surface area contributed by atoms with E-state index in [1.165, 1.54) is 30.5 Å². The van der Waals surface area contributed by atoms with Crippen LogP contribution in [0.15, 0.2) is 77.9 Å². The lowest BCUT2D eigenvalue weighted by atomic mass is 10.1. The van der Waals surface area contributed by atoms with Gasteiger partial charge in [0, 0.05) is 17.7 Å². The molecule has 0 aliphatic carbocycles. The van der Waals surface area contributed by atoms with E-state index in [4.69, 9.17) is 4.74 Å². The van der Waals surface area contributed by atoms with Gasteiger partial charge in [0.25, 0.3) is 11.6 Å². The van der Waals surface area contributed by atoms with Crippen LogP contribution in [0.3, 0.4) is 0 Å². The van der Waals surface area contributed by atoms with Gasteiger partial charge >= 0.3 is 5.97 Å². The van der Waals surface area contributed by atoms with Crippen molar-refractivity contribution in [3.05, 3.63) is 105 Å². The van der Waals surface area contributed by atoms with Crippen molar-refractivity contribution in [2.45, 2.75) is 6.92 Å². The number of esters is 1. The number of rotatable bonds is 6. The van der Waals surface area contributed by atoms with E-state index in [1.54, 1.807) is 36.4 Å². The van der Waals surface area contributed by atoms with Gasteiger partial charge in [-0.15, -0.1) is 0 Å². The molecule has 8 heteroatoms. The minimum atomic E-state index is -0.540. The Morgan fingerprint density at radius 3 is 2.13 bits per heavy atom. The van der Waals surface area contributed by atoms with Crippen molar-refractivity contribution in [1.29, 1.82) is 0 Å². The number of aryl methyl sites for hydroxylation is 1. The maximum atomic E-state index is 12.1. The Bertz CT molecular complexity index is 1090. The van der Waals surface area contributed by atoms with Crippen molar-refractivity contribution in [2.24, 2.45) is 5.10 Å². The van der Waals surface area contributed by atoms with E-state index in [0.29, 0.717) is 16.9 Å². The fraction of sp³-hybridized carbons (Fsp3) is 0.0455. The van der Waals surface area contributed by atoms with Crippen LogP contribution < -0.4 is 10.2 Å². The topological polar surface area (TPSA) is 111 Å². The number of benzene rings is 3. The number of nitro groups is 1. The Hall–Kier alpha value is -4.33. The fourth-order valence-electron chi connectivity index (χ4n) is 2.44. The predicted octanol–water partition coefficient (Wildman–Crippen LogP) is 3.89. The fourth-order valence-corrected chi connectivity index (χ4v) is 2.44. The van der Waals surface area contributed by atoms with Crippen LogP contribution in [-0.2, 0) is 0 Å². The molecule has 0 bridgehead atoms. The molecular weight excluding hydrogens is 386 g/mol. The summed E-state index contributed by atoms with van der Waals surface area (Å²) in [5.74, 6) is -0.566. The molecule has 0 aromatic heterocycles. The third-order valence-electron chi connectivity index (χ3n) is 4.10. The second-order valence-corrected chi connectivity index (χ2v) is 6.33. The average molecular weight is 403 g/mol. The number of carbonyl (C=O) groups excluding carboxylic acids is 2. The summed E-state index contributed by atoms with van der Waals surface area (Å²) in [5.41, 5.74) is 4.68. The number of hydrazone groups is 1. The Kier molecular flexibility index (Phi) is 6.29. The molecule has 150 valence electrons. The van der Waals surface area contributed by atoms with Gasteiger partial charge in [-0.05, 0) is 61.0 Å². The van der Waals surface area contributed by atoms with E-state index in [2.05, 4.69) is 10.5 Å². The van der Waals surface area contributed by atoms with Crippen molar-refractivity contribution < 1.29 is 19.2 Å². The highest BCUT2D eigenvalue weighted by Gasteiger charge is 2.09. The van der Waals surface area contributed by atoms with Crippen LogP contribution in [0.5, 0.6) is 5.75 Å². The van der Waals surface area contributed by atoms with Crippen LogP contribution >= 0.6 is 0 Å². The first-order chi connectivity index (χ1) is 14.4. The first-order valence-electron chi connectivity index (χ1n) is 8.89. The number of non-ortho nitro benzene ring substituents is 1. The Balaban J connectivity index is 1.55. The zero-order valence-corrected chi connectivity index (χ0v) is 15.9. The molecule has 0 saturated heterocycles. The highest BCUT2D eigenvalue weighted by molar-refractivity contribution is 5.95. The molecule has 1 N–H and O–H groups in total. The number of nitrogens with one attached hydrogen (secondary N) is 1. The van der Waals surface area contributed by atoms with Gasteiger partial charge < -0.3 is 4.74 Å². The predicted molar refractivity (Wildman–Crippen MR) is 111 cm³/mol. The van der Waals surface area contributed by atoms with E-state index in [-0.39, 0.29) is 11.3 Å². The van der Waals surface area contributed by atoms with E-state index in [0.717, 1.165) is 5.56 Å². The van der Waals surface area contributed by atoms with Crippen LogP contribution in [0.25, 0.3) is 0 Å². The third kappa shape index (κ3) is 5.35. The van der Waals surface area contributed by atoms with Crippen molar-refractivity contribution in [3.63, 3.8) is 0 Å². The molecule has 0 radical (unpaired) electrons. The lowest BCUT2D eigenvalue weighted by Gasteiger charge is -2.05. The zero-order valence-electron chi connectivity index (χ0n) is 15.9. The van der Waals surface area contributed by atoms with Crippen LogP contribution in [0.4, 0.5) is 5.69 Å². The molecule has 30 heavy (non-hydrogen) atoms. The van der Waals surface area contributed by atoms with Crippen molar-refractivity contribution >= 4 is 23.8 Å². The van der Waals surface area contributed by atoms with E-state index < -0.39 is 16.8 Å². The molecule has 3 aromatic rings. The van der Waals surface area contributed by atoms with E-state index in [9.17, 15) is 19.7 Å². The van der Waals surface area contributed by atoms with Crippen molar-refractivity contribution in [2.75, 3.05) is 0 Å². The molecule has 0 fully saturated rings. The number of nitro benzene ring substituents is 1. The molecule has 0 atom stereocenters. The number of hydrogen-bond donors (Lipinski definition) is 1. The third-order valence-corrected chi connectivity index (χ3v) is 4.10. The normalized spacial score (nSPS) is 10.6. The van der Waals surface area contributed by atoms with Gasteiger partial charge in [-0.2, -0.15) is 5.10 Å². The minimum absolute atomic E-state index is 0.0989. The summed E-state index contributed by atoms with van der Waals surface area (Å²) in [6, 6.07) is 18.8. The summed E-state index contributed by atoms with van der Waals surface area (Å²) >= 11 is 0. The lowest BCUT2D eigenvalue weighted by Crippen LogP contribution is -2.17. The zero-order chi connectivity index (χ0) is 21.5. The standard InChI is InChI=1S/C22H17N3O5/c1-15-2-6-18(7-3-15)22(27)30-20-12-4-16(5-13-20)14-23-24-21(26)17-8-10-19(11-9-17)25(28)29/h2-14H,1H3,(H,24,26)/b23-14-. The monoisotopic (exact) mass is 403 g/mol. The van der Waals surface area contributed by atoms with Gasteiger partial charge in [0.05, 0.1) is 16.7 Å². The first kappa shape index (κ1) is 20.4. The summed E-state index contributed by atoms with van der Waals surface area (Å²) in [4.78, 5) is 34.2. The minimum Gasteiger partial charge on any atom is -0.423 e. The molecule has 0 aliphatic rings. The second kappa shape index (κ2) is 9.24. The Morgan fingerprint density at radius 1 is 0.933 bits per heavy atom. The highest BCUT2D eigenvalue weighted by Crippen LogP contribution is 2.14. The molecule has 3 rings (SSSR count). The van der Waals surface area contributed by atoms with Crippen molar-refractivity contribution in [1.82, 2.24) is 5.43 Å². The summed E-state index contributed by atoms with van der Waals surface area (Å²) < 4.78 is 5.32. The summed E-state index contributed by atoms with van der Waals surface area (Å²) in [6.07, 6.45) is 1.43. The first-order valence-corrected chi connectivity index (χ1v) is 8.89. The summed E-state index contributed by atoms with van der Waals surface area (Å²) in [5, 5.41) is 14.5. The van der Waals surface area contributed by atoms with E-state index >= 15 is 0 Å². The number of hydrogen-bond acceptors (Lipinski definition) is 6. The van der Waals surface area contributed by atoms with E-state index in [1.807, 2.05) is 19.1 Å². The van der Waals surface area contributed by atoms with Gasteiger partial charge in [-0.25, -0.2) is 10.2 Å². The van der Waals surface area contributed by atoms with Gasteiger partial charge in [-0.3, -0.25) is 14.9 Å². The quantitative estimate of drug-likeness (QED) is 0.221. The van der Waals surface area contributed by atoms with Crippen LogP contribution in [0.1, 0.15) is 31.8 Å². The maximum absolute atomic E-state index is 12.1. The molecule has 0 heterocycles. The molecule has 0 spiro atoms. The highest BCUT2D eigenvalue weighted by atomic mass is 16.6. The Morgan fingerprint density at radius 2 is 1.53 bits per heavy atom. The number of ether oxygens (including phenoxy) is 1. The molecule has 0 unspecified atom stereocenters.